The first-order valence-corrected chi connectivity index (χ1v) is 7.52. The zero-order chi connectivity index (χ0) is 15.2. The Morgan fingerprint density at radius 3 is 2.71 bits per heavy atom. The van der Waals surface area contributed by atoms with Gasteiger partial charge in [-0.1, -0.05) is 11.6 Å². The van der Waals surface area contributed by atoms with Gasteiger partial charge in [-0.25, -0.2) is 0 Å². The molecule has 5 nitrogen and oxygen atoms in total. The van der Waals surface area contributed by atoms with Crippen molar-refractivity contribution in [3.8, 4) is 5.75 Å². The van der Waals surface area contributed by atoms with Crippen molar-refractivity contribution >= 4 is 17.5 Å². The normalized spacial score (nSPS) is 17.1. The molecule has 2 rings (SSSR count). The van der Waals surface area contributed by atoms with E-state index >= 15 is 0 Å². The summed E-state index contributed by atoms with van der Waals surface area (Å²) in [5, 5.41) is 16.4. The molecule has 1 aliphatic carbocycles. The molecule has 0 aromatic heterocycles. The molecular formula is C15H21ClN2O3. The number of ether oxygens (including phenoxy) is 1. The monoisotopic (exact) mass is 312 g/mol. The quantitative estimate of drug-likeness (QED) is 0.677. The number of rotatable bonds is 8. The molecule has 1 aliphatic rings. The summed E-state index contributed by atoms with van der Waals surface area (Å²) in [6, 6.07) is 6.97. The molecule has 0 bridgehead atoms. The highest BCUT2D eigenvalue weighted by Crippen LogP contribution is 2.18. The Morgan fingerprint density at radius 1 is 1.43 bits per heavy atom. The van der Waals surface area contributed by atoms with Crippen molar-refractivity contribution in [2.24, 2.45) is 0 Å². The summed E-state index contributed by atoms with van der Waals surface area (Å²) in [7, 11) is 0. The van der Waals surface area contributed by atoms with Crippen LogP contribution < -0.4 is 15.4 Å². The van der Waals surface area contributed by atoms with E-state index in [0.29, 0.717) is 23.4 Å². The predicted molar refractivity (Wildman–Crippen MR) is 81.6 cm³/mol. The van der Waals surface area contributed by atoms with Gasteiger partial charge in [0.25, 0.3) is 0 Å². The van der Waals surface area contributed by atoms with Crippen molar-refractivity contribution in [3.63, 3.8) is 0 Å². The summed E-state index contributed by atoms with van der Waals surface area (Å²) in [6.45, 7) is 2.24. The van der Waals surface area contributed by atoms with Crippen LogP contribution in [0.25, 0.3) is 0 Å². The largest absolute Gasteiger partial charge is 0.491 e. The Hall–Kier alpha value is -1.30. The fourth-order valence-corrected chi connectivity index (χ4v) is 1.87. The van der Waals surface area contributed by atoms with Gasteiger partial charge >= 0.3 is 0 Å². The molecule has 3 N–H and O–H groups in total. The lowest BCUT2D eigenvalue weighted by Gasteiger charge is -2.17. The first-order chi connectivity index (χ1) is 10.0. The molecular weight excluding hydrogens is 292 g/mol. The summed E-state index contributed by atoms with van der Waals surface area (Å²) in [5.41, 5.74) is 0. The van der Waals surface area contributed by atoms with Gasteiger partial charge in [0.05, 0.1) is 6.04 Å². The molecule has 21 heavy (non-hydrogen) atoms. The highest BCUT2D eigenvalue weighted by Gasteiger charge is 2.25. The maximum atomic E-state index is 11.7. The average molecular weight is 313 g/mol. The van der Waals surface area contributed by atoms with Crippen molar-refractivity contribution in [2.75, 3.05) is 13.2 Å². The van der Waals surface area contributed by atoms with E-state index in [1.165, 1.54) is 0 Å². The predicted octanol–water partition coefficient (Wildman–Crippen LogP) is 1.34. The third kappa shape index (κ3) is 5.91. The first-order valence-electron chi connectivity index (χ1n) is 7.15. The van der Waals surface area contributed by atoms with Crippen molar-refractivity contribution in [1.29, 1.82) is 0 Å². The van der Waals surface area contributed by atoms with Crippen LogP contribution in [0.3, 0.4) is 0 Å². The van der Waals surface area contributed by atoms with E-state index in [9.17, 15) is 9.90 Å². The average Bonchev–Trinajstić information content (AvgIpc) is 3.28. The molecule has 1 amide bonds. The lowest BCUT2D eigenvalue weighted by Crippen LogP contribution is -2.46. The molecule has 1 fully saturated rings. The molecule has 116 valence electrons. The lowest BCUT2D eigenvalue weighted by molar-refractivity contribution is -0.123. The molecule has 0 heterocycles. The number of aliphatic hydroxyl groups excluding tert-OH is 1. The second-order valence-corrected chi connectivity index (χ2v) is 5.77. The van der Waals surface area contributed by atoms with Crippen molar-refractivity contribution < 1.29 is 14.6 Å². The molecule has 2 unspecified atom stereocenters. The van der Waals surface area contributed by atoms with Crippen LogP contribution >= 0.6 is 11.6 Å². The van der Waals surface area contributed by atoms with Crippen LogP contribution in [0, 0.1) is 0 Å². The number of carbonyl (C=O) groups excluding carboxylic acids is 1. The van der Waals surface area contributed by atoms with Crippen LogP contribution in [-0.4, -0.2) is 42.4 Å². The fourth-order valence-electron chi connectivity index (χ4n) is 1.74. The molecule has 0 radical (unpaired) electrons. The second-order valence-electron chi connectivity index (χ2n) is 5.33. The Labute approximate surface area is 129 Å². The van der Waals surface area contributed by atoms with Gasteiger partial charge in [0, 0.05) is 17.6 Å². The number of hydrogen-bond acceptors (Lipinski definition) is 4. The van der Waals surface area contributed by atoms with Crippen molar-refractivity contribution in [2.45, 2.75) is 38.0 Å². The fraction of sp³-hybridized carbons (Fsp3) is 0.533. The van der Waals surface area contributed by atoms with Crippen LogP contribution in [0.2, 0.25) is 5.02 Å². The van der Waals surface area contributed by atoms with E-state index < -0.39 is 6.10 Å². The van der Waals surface area contributed by atoms with Crippen molar-refractivity contribution in [1.82, 2.24) is 10.6 Å². The minimum absolute atomic E-state index is 0.0247. The molecule has 1 aromatic rings. The van der Waals surface area contributed by atoms with Gasteiger partial charge in [-0.2, -0.15) is 0 Å². The SMILES string of the molecule is CC(NCC(O)COc1ccc(Cl)cc1)C(=O)NC1CC1. The van der Waals surface area contributed by atoms with Gasteiger partial charge in [-0.05, 0) is 44.0 Å². The van der Waals surface area contributed by atoms with E-state index in [0.717, 1.165) is 12.8 Å². The molecule has 2 atom stereocenters. The number of hydrogen-bond donors (Lipinski definition) is 3. The highest BCUT2D eigenvalue weighted by molar-refractivity contribution is 6.30. The van der Waals surface area contributed by atoms with Gasteiger partial charge in [0.1, 0.15) is 18.5 Å². The summed E-state index contributed by atoms with van der Waals surface area (Å²) in [6.07, 6.45) is 1.45. The van der Waals surface area contributed by atoms with Gasteiger partial charge in [-0.3, -0.25) is 4.79 Å². The Balaban J connectivity index is 1.63. The van der Waals surface area contributed by atoms with E-state index in [4.69, 9.17) is 16.3 Å². The number of amides is 1. The number of halogens is 1. The van der Waals surface area contributed by atoms with Gasteiger partial charge in [-0.15, -0.1) is 0 Å². The number of aliphatic hydroxyl groups is 1. The maximum absolute atomic E-state index is 11.7. The van der Waals surface area contributed by atoms with Gasteiger partial charge in [0.15, 0.2) is 0 Å². The number of nitrogens with one attached hydrogen (secondary N) is 2. The zero-order valence-corrected chi connectivity index (χ0v) is 12.8. The standard InChI is InChI=1S/C15H21ClN2O3/c1-10(15(20)18-12-4-5-12)17-8-13(19)9-21-14-6-2-11(16)3-7-14/h2-3,6-7,10,12-13,17,19H,4-5,8-9H2,1H3,(H,18,20). The Bertz CT molecular complexity index is 462. The zero-order valence-electron chi connectivity index (χ0n) is 12.0. The molecule has 1 saturated carbocycles. The topological polar surface area (TPSA) is 70.6 Å². The smallest absolute Gasteiger partial charge is 0.237 e. The molecule has 1 aromatic carbocycles. The summed E-state index contributed by atoms with van der Waals surface area (Å²) in [4.78, 5) is 11.7. The minimum atomic E-state index is -0.683. The summed E-state index contributed by atoms with van der Waals surface area (Å²) >= 11 is 5.78. The summed E-state index contributed by atoms with van der Waals surface area (Å²) in [5.74, 6) is 0.626. The molecule has 0 spiro atoms. The van der Waals surface area contributed by atoms with E-state index in [-0.39, 0.29) is 18.6 Å². The highest BCUT2D eigenvalue weighted by atomic mass is 35.5. The van der Waals surface area contributed by atoms with E-state index in [1.807, 2.05) is 0 Å². The molecule has 0 saturated heterocycles. The molecule has 0 aliphatic heterocycles. The van der Waals surface area contributed by atoms with E-state index in [1.54, 1.807) is 31.2 Å². The van der Waals surface area contributed by atoms with E-state index in [2.05, 4.69) is 10.6 Å². The Kier molecular flexibility index (Phi) is 5.85. The van der Waals surface area contributed by atoms with Crippen LogP contribution in [0.1, 0.15) is 19.8 Å². The van der Waals surface area contributed by atoms with Crippen LogP contribution in [0.5, 0.6) is 5.75 Å². The van der Waals surface area contributed by atoms with Crippen LogP contribution in [0.4, 0.5) is 0 Å². The second kappa shape index (κ2) is 7.64. The third-order valence-corrected chi connectivity index (χ3v) is 3.48. The minimum Gasteiger partial charge on any atom is -0.491 e. The summed E-state index contributed by atoms with van der Waals surface area (Å²) < 4.78 is 5.44. The molecule has 6 heteroatoms. The first kappa shape index (κ1) is 16.1. The van der Waals surface area contributed by atoms with Crippen LogP contribution in [0.15, 0.2) is 24.3 Å². The Morgan fingerprint density at radius 2 is 2.10 bits per heavy atom. The van der Waals surface area contributed by atoms with Crippen molar-refractivity contribution in [3.05, 3.63) is 29.3 Å². The third-order valence-electron chi connectivity index (χ3n) is 3.23. The number of carbonyl (C=O) groups is 1. The van der Waals surface area contributed by atoms with Gasteiger partial charge < -0.3 is 20.5 Å². The number of benzene rings is 1. The van der Waals surface area contributed by atoms with Gasteiger partial charge in [0.2, 0.25) is 5.91 Å². The van der Waals surface area contributed by atoms with Crippen LogP contribution in [-0.2, 0) is 4.79 Å². The lowest BCUT2D eigenvalue weighted by atomic mass is 10.2. The maximum Gasteiger partial charge on any atom is 0.237 e.